The SMILES string of the molecule is CN=C(NCc1ccc([N+](=O)[O-])cc1)NC1CCN(C(=O)C(C)C)C1.I. The number of aliphatic imine (C=N–C) groups is 1. The zero-order valence-electron chi connectivity index (χ0n) is 15.3. The standard InChI is InChI=1S/C17H25N5O3.HI/c1-12(2)16(23)21-9-8-14(11-21)20-17(18-3)19-10-13-4-6-15(7-5-13)22(24)25;/h4-7,12,14H,8-11H2,1-3H3,(H2,18,19,20);1H. The van der Waals surface area contributed by atoms with Crippen LogP contribution in [0.1, 0.15) is 25.8 Å². The predicted octanol–water partition coefficient (Wildman–Crippen LogP) is 2.13. The van der Waals surface area contributed by atoms with E-state index < -0.39 is 4.92 Å². The van der Waals surface area contributed by atoms with Gasteiger partial charge in [-0.25, -0.2) is 0 Å². The molecule has 0 spiro atoms. The van der Waals surface area contributed by atoms with Crippen molar-refractivity contribution < 1.29 is 9.72 Å². The van der Waals surface area contributed by atoms with Crippen LogP contribution in [0.15, 0.2) is 29.3 Å². The molecule has 1 aromatic carbocycles. The number of nitro groups is 1. The third-order valence-electron chi connectivity index (χ3n) is 4.17. The van der Waals surface area contributed by atoms with Crippen molar-refractivity contribution >= 4 is 41.5 Å². The van der Waals surface area contributed by atoms with Gasteiger partial charge in [0.05, 0.1) is 4.92 Å². The summed E-state index contributed by atoms with van der Waals surface area (Å²) in [5, 5.41) is 17.2. The van der Waals surface area contributed by atoms with Gasteiger partial charge >= 0.3 is 0 Å². The van der Waals surface area contributed by atoms with Crippen LogP contribution < -0.4 is 10.6 Å². The Labute approximate surface area is 170 Å². The van der Waals surface area contributed by atoms with Crippen LogP contribution in [0.25, 0.3) is 0 Å². The van der Waals surface area contributed by atoms with Gasteiger partial charge in [-0.3, -0.25) is 19.9 Å². The molecule has 1 aromatic rings. The quantitative estimate of drug-likeness (QED) is 0.224. The van der Waals surface area contributed by atoms with Gasteiger partial charge in [0.2, 0.25) is 5.91 Å². The minimum Gasteiger partial charge on any atom is -0.352 e. The molecule has 1 fully saturated rings. The number of hydrogen-bond acceptors (Lipinski definition) is 4. The Hall–Kier alpha value is -1.91. The summed E-state index contributed by atoms with van der Waals surface area (Å²) in [6.07, 6.45) is 0.886. The van der Waals surface area contributed by atoms with Crippen molar-refractivity contribution in [1.82, 2.24) is 15.5 Å². The number of carbonyl (C=O) groups excluding carboxylic acids is 1. The van der Waals surface area contributed by atoms with Crippen molar-refractivity contribution in [2.24, 2.45) is 10.9 Å². The number of hydrogen-bond donors (Lipinski definition) is 2. The largest absolute Gasteiger partial charge is 0.352 e. The number of likely N-dealkylation sites (tertiary alicyclic amines) is 1. The summed E-state index contributed by atoms with van der Waals surface area (Å²) < 4.78 is 0. The third-order valence-corrected chi connectivity index (χ3v) is 4.17. The highest BCUT2D eigenvalue weighted by atomic mass is 127. The fourth-order valence-electron chi connectivity index (χ4n) is 2.75. The van der Waals surface area contributed by atoms with Crippen molar-refractivity contribution in [2.45, 2.75) is 32.9 Å². The van der Waals surface area contributed by atoms with Crippen molar-refractivity contribution in [3.05, 3.63) is 39.9 Å². The maximum atomic E-state index is 12.0. The molecule has 1 heterocycles. The van der Waals surface area contributed by atoms with E-state index in [1.54, 1.807) is 19.2 Å². The average Bonchev–Trinajstić information content (AvgIpc) is 3.06. The Bertz CT molecular complexity index is 648. The molecule has 1 aliphatic heterocycles. The molecule has 2 N–H and O–H groups in total. The first kappa shape index (κ1) is 22.1. The van der Waals surface area contributed by atoms with Crippen LogP contribution in [0.2, 0.25) is 0 Å². The first-order valence-electron chi connectivity index (χ1n) is 8.40. The highest BCUT2D eigenvalue weighted by Crippen LogP contribution is 2.13. The molecule has 1 amide bonds. The molecule has 1 unspecified atom stereocenters. The highest BCUT2D eigenvalue weighted by molar-refractivity contribution is 14.0. The maximum absolute atomic E-state index is 12.0. The van der Waals surface area contributed by atoms with Gasteiger partial charge in [-0.2, -0.15) is 0 Å². The van der Waals surface area contributed by atoms with Crippen LogP contribution in [0.3, 0.4) is 0 Å². The molecule has 1 aliphatic rings. The Morgan fingerprint density at radius 1 is 1.38 bits per heavy atom. The Kier molecular flexibility index (Phi) is 8.76. The van der Waals surface area contributed by atoms with Crippen molar-refractivity contribution in [3.8, 4) is 0 Å². The molecule has 0 saturated carbocycles. The van der Waals surface area contributed by atoms with E-state index in [4.69, 9.17) is 0 Å². The van der Waals surface area contributed by atoms with Crippen molar-refractivity contribution in [1.29, 1.82) is 0 Å². The van der Waals surface area contributed by atoms with Crippen molar-refractivity contribution in [3.63, 3.8) is 0 Å². The van der Waals surface area contributed by atoms with Crippen LogP contribution >= 0.6 is 24.0 Å². The fraction of sp³-hybridized carbons (Fsp3) is 0.529. The molecule has 8 nitrogen and oxygen atoms in total. The molecule has 0 aliphatic carbocycles. The van der Waals surface area contributed by atoms with Crippen LogP contribution in [-0.4, -0.2) is 47.9 Å². The zero-order valence-corrected chi connectivity index (χ0v) is 17.6. The lowest BCUT2D eigenvalue weighted by molar-refractivity contribution is -0.384. The number of nitro benzene ring substituents is 1. The molecule has 2 rings (SSSR count). The lowest BCUT2D eigenvalue weighted by Gasteiger charge is -2.20. The first-order valence-corrected chi connectivity index (χ1v) is 8.40. The van der Waals surface area contributed by atoms with Gasteiger partial charge in [0.15, 0.2) is 5.96 Å². The van der Waals surface area contributed by atoms with Gasteiger partial charge in [-0.1, -0.05) is 26.0 Å². The normalized spacial score (nSPS) is 17.0. The summed E-state index contributed by atoms with van der Waals surface area (Å²) >= 11 is 0. The van der Waals surface area contributed by atoms with E-state index in [9.17, 15) is 14.9 Å². The maximum Gasteiger partial charge on any atom is 0.269 e. The number of nitrogens with one attached hydrogen (secondary N) is 2. The zero-order chi connectivity index (χ0) is 18.4. The Morgan fingerprint density at radius 3 is 2.58 bits per heavy atom. The molecular weight excluding hydrogens is 449 g/mol. The van der Waals surface area contributed by atoms with Crippen LogP contribution in [0.5, 0.6) is 0 Å². The van der Waals surface area contributed by atoms with Gasteiger partial charge in [0.1, 0.15) is 0 Å². The van der Waals surface area contributed by atoms with Gasteiger partial charge in [-0.15, -0.1) is 24.0 Å². The summed E-state index contributed by atoms with van der Waals surface area (Å²) in [5.41, 5.74) is 1.00. The fourth-order valence-corrected chi connectivity index (χ4v) is 2.75. The Balaban J connectivity index is 0.00000338. The monoisotopic (exact) mass is 475 g/mol. The number of benzene rings is 1. The van der Waals surface area contributed by atoms with Gasteiger partial charge in [0, 0.05) is 50.8 Å². The molecule has 9 heteroatoms. The molecule has 0 aromatic heterocycles. The lowest BCUT2D eigenvalue weighted by Crippen LogP contribution is -2.45. The summed E-state index contributed by atoms with van der Waals surface area (Å²) in [6, 6.07) is 6.58. The van der Waals surface area contributed by atoms with E-state index >= 15 is 0 Å². The molecular formula is C17H26IN5O3. The van der Waals surface area contributed by atoms with Crippen molar-refractivity contribution in [2.75, 3.05) is 20.1 Å². The van der Waals surface area contributed by atoms with E-state index in [0.29, 0.717) is 19.0 Å². The summed E-state index contributed by atoms with van der Waals surface area (Å²) in [4.78, 5) is 28.4. The number of guanidine groups is 1. The molecule has 144 valence electrons. The van der Waals surface area contributed by atoms with Gasteiger partial charge < -0.3 is 15.5 Å². The minimum absolute atomic E-state index is 0. The third kappa shape index (κ3) is 6.11. The lowest BCUT2D eigenvalue weighted by atomic mass is 10.2. The van der Waals surface area contributed by atoms with E-state index in [0.717, 1.165) is 18.5 Å². The number of non-ortho nitro benzene ring substituents is 1. The van der Waals surface area contributed by atoms with Crippen LogP contribution in [0.4, 0.5) is 5.69 Å². The second-order valence-electron chi connectivity index (χ2n) is 6.42. The summed E-state index contributed by atoms with van der Waals surface area (Å²) in [5.74, 6) is 0.846. The average molecular weight is 475 g/mol. The van der Waals surface area contributed by atoms with Gasteiger partial charge in [-0.05, 0) is 12.0 Å². The summed E-state index contributed by atoms with van der Waals surface area (Å²) in [7, 11) is 1.69. The second-order valence-corrected chi connectivity index (χ2v) is 6.42. The number of halogens is 1. The van der Waals surface area contributed by atoms with Crippen LogP contribution in [0, 0.1) is 16.0 Å². The molecule has 26 heavy (non-hydrogen) atoms. The number of amides is 1. The smallest absolute Gasteiger partial charge is 0.269 e. The van der Waals surface area contributed by atoms with E-state index in [1.165, 1.54) is 12.1 Å². The highest BCUT2D eigenvalue weighted by Gasteiger charge is 2.27. The molecule has 0 bridgehead atoms. The van der Waals surface area contributed by atoms with Gasteiger partial charge in [0.25, 0.3) is 5.69 Å². The van der Waals surface area contributed by atoms with E-state index in [1.807, 2.05) is 18.7 Å². The predicted molar refractivity (Wildman–Crippen MR) is 112 cm³/mol. The van der Waals surface area contributed by atoms with E-state index in [-0.39, 0.29) is 47.5 Å². The second kappa shape index (κ2) is 10.3. The van der Waals surface area contributed by atoms with Crippen LogP contribution in [-0.2, 0) is 11.3 Å². The topological polar surface area (TPSA) is 99.9 Å². The molecule has 1 atom stereocenters. The molecule has 1 saturated heterocycles. The van der Waals surface area contributed by atoms with E-state index in [2.05, 4.69) is 15.6 Å². The number of nitrogens with zero attached hydrogens (tertiary/aromatic N) is 3. The minimum atomic E-state index is -0.415. The Morgan fingerprint density at radius 2 is 2.04 bits per heavy atom. The summed E-state index contributed by atoms with van der Waals surface area (Å²) in [6.45, 7) is 5.77. The number of rotatable bonds is 5. The first-order chi connectivity index (χ1) is 11.9. The number of carbonyl (C=O) groups is 1. The molecule has 0 radical (unpaired) electrons.